The Hall–Kier alpha value is -1.14. The first kappa shape index (κ1) is 40.9. The molecule has 0 bridgehead atoms. The van der Waals surface area contributed by atoms with Gasteiger partial charge in [-0.15, -0.1) is 0 Å². The van der Waals surface area contributed by atoms with Crippen LogP contribution in [0, 0.1) is 0 Å². The number of esters is 1. The van der Waals surface area contributed by atoms with Gasteiger partial charge in [0.1, 0.15) is 0 Å². The molecule has 0 amide bonds. The Kier molecular flexibility index (Phi) is 33.4. The highest BCUT2D eigenvalue weighted by Crippen LogP contribution is 2.14. The summed E-state index contributed by atoms with van der Waals surface area (Å²) in [7, 11) is 0. The van der Waals surface area contributed by atoms with Crippen LogP contribution in [0.25, 0.3) is 0 Å². The average molecular weight is 597 g/mol. The van der Waals surface area contributed by atoms with Crippen molar-refractivity contribution >= 4 is 11.9 Å². The van der Waals surface area contributed by atoms with Crippen LogP contribution in [0.15, 0.2) is 0 Å². The molecule has 4 N–H and O–H groups in total. The van der Waals surface area contributed by atoms with Crippen molar-refractivity contribution in [2.24, 2.45) is 5.73 Å². The van der Waals surface area contributed by atoms with E-state index < -0.39 is 5.97 Å². The van der Waals surface area contributed by atoms with Crippen molar-refractivity contribution in [3.05, 3.63) is 0 Å². The second-order valence-corrected chi connectivity index (χ2v) is 12.6. The smallest absolute Gasteiger partial charge is 0.305 e. The SMILES string of the molecule is CCCCCCCCCCOC(=O)CCCCCCCCCCCNC(CN)CCCCCCCCCCCC(=O)O. The van der Waals surface area contributed by atoms with Gasteiger partial charge in [-0.05, 0) is 38.6 Å². The summed E-state index contributed by atoms with van der Waals surface area (Å²) < 4.78 is 5.39. The van der Waals surface area contributed by atoms with E-state index in [4.69, 9.17) is 15.6 Å². The van der Waals surface area contributed by atoms with Gasteiger partial charge >= 0.3 is 11.9 Å². The van der Waals surface area contributed by atoms with Crippen LogP contribution >= 0.6 is 0 Å². The largest absolute Gasteiger partial charge is 0.481 e. The Morgan fingerprint density at radius 2 is 1.02 bits per heavy atom. The minimum absolute atomic E-state index is 0.00172. The molecule has 0 fully saturated rings. The second-order valence-electron chi connectivity index (χ2n) is 12.6. The molecule has 0 radical (unpaired) electrons. The Morgan fingerprint density at radius 3 is 1.52 bits per heavy atom. The van der Waals surface area contributed by atoms with Gasteiger partial charge < -0.3 is 20.9 Å². The molecule has 0 aromatic heterocycles. The van der Waals surface area contributed by atoms with E-state index in [2.05, 4.69) is 12.2 Å². The topological polar surface area (TPSA) is 102 Å². The third-order valence-electron chi connectivity index (χ3n) is 8.48. The maximum atomic E-state index is 11.9. The van der Waals surface area contributed by atoms with Crippen LogP contribution in [-0.2, 0) is 14.3 Å². The fourth-order valence-electron chi connectivity index (χ4n) is 5.64. The lowest BCUT2D eigenvalue weighted by Gasteiger charge is -2.16. The van der Waals surface area contributed by atoms with Crippen LogP contribution < -0.4 is 11.1 Å². The number of unbranched alkanes of at least 4 members (excludes halogenated alkanes) is 23. The number of carboxylic acids is 1. The zero-order valence-corrected chi connectivity index (χ0v) is 28.0. The van der Waals surface area contributed by atoms with Crippen LogP contribution in [0.3, 0.4) is 0 Å². The zero-order chi connectivity index (χ0) is 30.8. The van der Waals surface area contributed by atoms with Gasteiger partial charge in [0.25, 0.3) is 0 Å². The van der Waals surface area contributed by atoms with E-state index in [-0.39, 0.29) is 5.97 Å². The quantitative estimate of drug-likeness (QED) is 0.0497. The molecule has 0 spiro atoms. The number of nitrogens with one attached hydrogen (secondary N) is 1. The van der Waals surface area contributed by atoms with Crippen LogP contribution in [0.2, 0.25) is 0 Å². The predicted octanol–water partition coefficient (Wildman–Crippen LogP) is 9.86. The van der Waals surface area contributed by atoms with Gasteiger partial charge in [-0.3, -0.25) is 9.59 Å². The van der Waals surface area contributed by atoms with E-state index in [0.717, 1.165) is 45.2 Å². The van der Waals surface area contributed by atoms with Crippen molar-refractivity contribution in [2.75, 3.05) is 19.7 Å². The Bertz CT molecular complexity index is 573. The molecule has 42 heavy (non-hydrogen) atoms. The number of ether oxygens (including phenoxy) is 1. The Labute approximate surface area is 261 Å². The molecule has 0 rings (SSSR count). The third-order valence-corrected chi connectivity index (χ3v) is 8.48. The van der Waals surface area contributed by atoms with Gasteiger partial charge in [0, 0.05) is 25.4 Å². The van der Waals surface area contributed by atoms with Crippen LogP contribution in [-0.4, -0.2) is 42.8 Å². The molecule has 0 heterocycles. The van der Waals surface area contributed by atoms with Gasteiger partial charge in [-0.2, -0.15) is 0 Å². The molecule has 6 nitrogen and oxygen atoms in total. The molecule has 0 aliphatic heterocycles. The summed E-state index contributed by atoms with van der Waals surface area (Å²) in [5.41, 5.74) is 5.99. The molecule has 0 aromatic rings. The lowest BCUT2D eigenvalue weighted by molar-refractivity contribution is -0.144. The fraction of sp³-hybridized carbons (Fsp3) is 0.944. The van der Waals surface area contributed by atoms with Crippen LogP contribution in [0.1, 0.15) is 193 Å². The highest BCUT2D eigenvalue weighted by atomic mass is 16.5. The minimum atomic E-state index is -0.671. The van der Waals surface area contributed by atoms with Crippen LogP contribution in [0.5, 0.6) is 0 Å². The molecule has 250 valence electrons. The molecule has 1 unspecified atom stereocenters. The van der Waals surface area contributed by atoms with E-state index in [9.17, 15) is 9.59 Å². The summed E-state index contributed by atoms with van der Waals surface area (Å²) in [4.78, 5) is 22.4. The maximum Gasteiger partial charge on any atom is 0.305 e. The van der Waals surface area contributed by atoms with Crippen molar-refractivity contribution in [3.8, 4) is 0 Å². The van der Waals surface area contributed by atoms with Gasteiger partial charge in [-0.1, -0.05) is 148 Å². The molecule has 6 heteroatoms. The molecular formula is C36H72N2O4. The predicted molar refractivity (Wildman–Crippen MR) is 179 cm³/mol. The number of carbonyl (C=O) groups is 2. The molecule has 0 saturated heterocycles. The summed E-state index contributed by atoms with van der Waals surface area (Å²) in [5, 5.41) is 12.3. The number of aliphatic carboxylic acids is 1. The van der Waals surface area contributed by atoms with Crippen molar-refractivity contribution in [3.63, 3.8) is 0 Å². The lowest BCUT2D eigenvalue weighted by atomic mass is 10.0. The summed E-state index contributed by atoms with van der Waals surface area (Å²) in [5.74, 6) is -0.673. The zero-order valence-electron chi connectivity index (χ0n) is 28.0. The lowest BCUT2D eigenvalue weighted by Crippen LogP contribution is -2.36. The number of rotatable bonds is 35. The molecular weight excluding hydrogens is 524 g/mol. The fourth-order valence-corrected chi connectivity index (χ4v) is 5.64. The molecule has 0 saturated carbocycles. The number of carbonyl (C=O) groups excluding carboxylic acids is 1. The first-order valence-corrected chi connectivity index (χ1v) is 18.4. The number of nitrogens with two attached hydrogens (primary N) is 1. The Morgan fingerprint density at radius 1 is 0.595 bits per heavy atom. The number of carboxylic acid groups (broad SMARTS) is 1. The van der Waals surface area contributed by atoms with E-state index in [0.29, 0.717) is 25.5 Å². The summed E-state index contributed by atoms with van der Waals surface area (Å²) in [6, 6.07) is 0.460. The Balaban J connectivity index is 3.33. The van der Waals surface area contributed by atoms with E-state index in [1.54, 1.807) is 0 Å². The summed E-state index contributed by atoms with van der Waals surface area (Å²) >= 11 is 0. The van der Waals surface area contributed by atoms with E-state index in [1.807, 2.05) is 0 Å². The van der Waals surface area contributed by atoms with Crippen molar-refractivity contribution in [2.45, 2.75) is 199 Å². The first-order chi connectivity index (χ1) is 20.6. The first-order valence-electron chi connectivity index (χ1n) is 18.4. The van der Waals surface area contributed by atoms with Crippen LogP contribution in [0.4, 0.5) is 0 Å². The number of hydrogen-bond acceptors (Lipinski definition) is 5. The van der Waals surface area contributed by atoms with Crippen molar-refractivity contribution in [1.29, 1.82) is 0 Å². The highest BCUT2D eigenvalue weighted by molar-refractivity contribution is 5.69. The molecule has 1 atom stereocenters. The minimum Gasteiger partial charge on any atom is -0.481 e. The summed E-state index contributed by atoms with van der Waals surface area (Å²) in [6.45, 7) is 4.67. The van der Waals surface area contributed by atoms with Gasteiger partial charge in [0.05, 0.1) is 6.61 Å². The molecule has 0 aliphatic rings. The molecule has 0 aromatic carbocycles. The van der Waals surface area contributed by atoms with Crippen molar-refractivity contribution < 1.29 is 19.4 Å². The normalized spacial score (nSPS) is 12.0. The third kappa shape index (κ3) is 33.4. The average Bonchev–Trinajstić information content (AvgIpc) is 2.98. The van der Waals surface area contributed by atoms with E-state index in [1.165, 1.54) is 141 Å². The van der Waals surface area contributed by atoms with Gasteiger partial charge in [-0.25, -0.2) is 0 Å². The second kappa shape index (κ2) is 34.4. The maximum absolute atomic E-state index is 11.9. The highest BCUT2D eigenvalue weighted by Gasteiger charge is 2.06. The monoisotopic (exact) mass is 597 g/mol. The number of hydrogen-bond donors (Lipinski definition) is 3. The van der Waals surface area contributed by atoms with Gasteiger partial charge in [0.2, 0.25) is 0 Å². The van der Waals surface area contributed by atoms with Crippen molar-refractivity contribution in [1.82, 2.24) is 5.32 Å². The standard InChI is InChI=1S/C36H72N2O4/c1-2-3-4-5-6-17-22-27-32-42-36(41)30-25-20-15-11-8-12-16-21-26-31-38-34(33-37)28-23-18-13-9-7-10-14-19-24-29-35(39)40/h34,38H,2-33,37H2,1H3,(H,39,40). The molecule has 0 aliphatic carbocycles. The summed E-state index contributed by atoms with van der Waals surface area (Å²) in [6.07, 6.45) is 34.1. The van der Waals surface area contributed by atoms with Gasteiger partial charge in [0.15, 0.2) is 0 Å². The van der Waals surface area contributed by atoms with E-state index >= 15 is 0 Å².